The number of pyridine rings is 1. The van der Waals surface area contributed by atoms with Gasteiger partial charge in [0.25, 0.3) is 0 Å². The average Bonchev–Trinajstić information content (AvgIpc) is 3.10. The lowest BCUT2D eigenvalue weighted by Crippen LogP contribution is -2.23. The molecule has 0 amide bonds. The molecule has 5 nitrogen and oxygen atoms in total. The van der Waals surface area contributed by atoms with Crippen molar-refractivity contribution in [2.75, 3.05) is 0 Å². The Labute approximate surface area is 149 Å². The number of sulfonamides is 1. The zero-order valence-electron chi connectivity index (χ0n) is 12.2. The molecule has 0 saturated carbocycles. The summed E-state index contributed by atoms with van der Waals surface area (Å²) in [6.07, 6.45) is 3.14. The first-order valence-electron chi connectivity index (χ1n) is 6.89. The van der Waals surface area contributed by atoms with Crippen LogP contribution in [0.1, 0.15) is 5.56 Å². The van der Waals surface area contributed by atoms with Crippen LogP contribution in [0.3, 0.4) is 0 Å². The van der Waals surface area contributed by atoms with E-state index in [1.165, 1.54) is 18.2 Å². The summed E-state index contributed by atoms with van der Waals surface area (Å²) < 4.78 is 32.6. The number of furan rings is 1. The van der Waals surface area contributed by atoms with Gasteiger partial charge in [-0.1, -0.05) is 23.2 Å². The number of nitrogens with zero attached hydrogens (tertiary/aromatic N) is 1. The zero-order valence-corrected chi connectivity index (χ0v) is 14.6. The minimum absolute atomic E-state index is 0.0584. The molecular weight excluding hydrogens is 371 g/mol. The molecule has 0 fully saturated rings. The minimum Gasteiger partial charge on any atom is -0.463 e. The van der Waals surface area contributed by atoms with Crippen LogP contribution < -0.4 is 4.72 Å². The van der Waals surface area contributed by atoms with Crippen LogP contribution in [0.25, 0.3) is 11.5 Å². The third-order valence-corrected chi connectivity index (χ3v) is 5.36. The fourth-order valence-electron chi connectivity index (χ4n) is 2.08. The Balaban J connectivity index is 1.80. The largest absolute Gasteiger partial charge is 0.463 e. The van der Waals surface area contributed by atoms with E-state index in [-0.39, 0.29) is 16.5 Å². The number of rotatable bonds is 5. The molecule has 0 unspecified atom stereocenters. The van der Waals surface area contributed by atoms with Gasteiger partial charge in [0.1, 0.15) is 10.6 Å². The lowest BCUT2D eigenvalue weighted by Gasteiger charge is -2.09. The summed E-state index contributed by atoms with van der Waals surface area (Å²) in [4.78, 5) is 4.14. The van der Waals surface area contributed by atoms with Crippen molar-refractivity contribution in [1.29, 1.82) is 0 Å². The van der Waals surface area contributed by atoms with Crippen molar-refractivity contribution < 1.29 is 12.8 Å². The quantitative estimate of drug-likeness (QED) is 0.719. The summed E-state index contributed by atoms with van der Waals surface area (Å²) in [5, 5.41) is 0.404. The van der Waals surface area contributed by atoms with Crippen molar-refractivity contribution in [3.8, 4) is 11.5 Å². The average molecular weight is 383 g/mol. The SMILES string of the molecule is O=S(=O)(NCc1ccnc(-c2ccco2)c1)c1cc(Cl)ccc1Cl. The molecule has 0 radical (unpaired) electrons. The molecule has 0 aliphatic carbocycles. The molecule has 0 aliphatic rings. The summed E-state index contributed by atoms with van der Waals surface area (Å²) >= 11 is 11.8. The van der Waals surface area contributed by atoms with Gasteiger partial charge in [0.05, 0.1) is 11.3 Å². The number of nitrogens with one attached hydrogen (secondary N) is 1. The number of hydrogen-bond acceptors (Lipinski definition) is 4. The van der Waals surface area contributed by atoms with Gasteiger partial charge in [0, 0.05) is 17.8 Å². The maximum Gasteiger partial charge on any atom is 0.242 e. The highest BCUT2D eigenvalue weighted by Gasteiger charge is 2.18. The summed E-state index contributed by atoms with van der Waals surface area (Å²) in [6.45, 7) is 0.0847. The molecule has 1 N–H and O–H groups in total. The molecule has 0 spiro atoms. The Hall–Kier alpha value is -1.86. The van der Waals surface area contributed by atoms with E-state index in [9.17, 15) is 8.42 Å². The van der Waals surface area contributed by atoms with Crippen molar-refractivity contribution in [3.05, 3.63) is 70.5 Å². The van der Waals surface area contributed by atoms with Crippen LogP contribution >= 0.6 is 23.2 Å². The van der Waals surface area contributed by atoms with E-state index < -0.39 is 10.0 Å². The van der Waals surface area contributed by atoms with Gasteiger partial charge in [-0.2, -0.15) is 0 Å². The second-order valence-corrected chi connectivity index (χ2v) is 7.50. The lowest BCUT2D eigenvalue weighted by molar-refractivity contribution is 0.579. The van der Waals surface area contributed by atoms with E-state index >= 15 is 0 Å². The first kappa shape index (κ1) is 17.0. The highest BCUT2D eigenvalue weighted by molar-refractivity contribution is 7.89. The van der Waals surface area contributed by atoms with E-state index in [1.807, 2.05) is 0 Å². The predicted molar refractivity (Wildman–Crippen MR) is 92.4 cm³/mol. The minimum atomic E-state index is -3.79. The van der Waals surface area contributed by atoms with Gasteiger partial charge in [-0.15, -0.1) is 0 Å². The van der Waals surface area contributed by atoms with Gasteiger partial charge in [0.15, 0.2) is 5.76 Å². The van der Waals surface area contributed by atoms with E-state index in [1.54, 1.807) is 36.7 Å². The summed E-state index contributed by atoms with van der Waals surface area (Å²) in [5.41, 5.74) is 1.36. The standard InChI is InChI=1S/C16H12Cl2N2O3S/c17-12-3-4-13(18)16(9-12)24(21,22)20-10-11-5-6-19-14(8-11)15-2-1-7-23-15/h1-9,20H,10H2. The van der Waals surface area contributed by atoms with Crippen LogP contribution in [0.15, 0.2) is 64.2 Å². The molecule has 3 aromatic rings. The van der Waals surface area contributed by atoms with Crippen LogP contribution in [-0.4, -0.2) is 13.4 Å². The molecule has 24 heavy (non-hydrogen) atoms. The van der Waals surface area contributed by atoms with E-state index in [2.05, 4.69) is 9.71 Å². The van der Waals surface area contributed by atoms with Crippen LogP contribution in [0.5, 0.6) is 0 Å². The van der Waals surface area contributed by atoms with Crippen LogP contribution in [-0.2, 0) is 16.6 Å². The van der Waals surface area contributed by atoms with E-state index in [0.717, 1.165) is 5.56 Å². The molecule has 2 heterocycles. The number of aromatic nitrogens is 1. The van der Waals surface area contributed by atoms with Gasteiger partial charge in [-0.3, -0.25) is 4.98 Å². The zero-order chi connectivity index (χ0) is 17.2. The Bertz CT molecular complexity index is 957. The molecule has 0 atom stereocenters. The molecule has 8 heteroatoms. The number of hydrogen-bond donors (Lipinski definition) is 1. The second-order valence-electron chi connectivity index (χ2n) is 4.93. The molecule has 0 bridgehead atoms. The third-order valence-electron chi connectivity index (χ3n) is 3.25. The van der Waals surface area contributed by atoms with Gasteiger partial charge < -0.3 is 4.42 Å². The van der Waals surface area contributed by atoms with Crippen LogP contribution in [0.2, 0.25) is 10.0 Å². The maximum absolute atomic E-state index is 12.4. The second kappa shape index (κ2) is 6.94. The highest BCUT2D eigenvalue weighted by Crippen LogP contribution is 2.25. The van der Waals surface area contributed by atoms with Gasteiger partial charge in [0.2, 0.25) is 10.0 Å². The van der Waals surface area contributed by atoms with Crippen molar-refractivity contribution in [2.24, 2.45) is 0 Å². The molecule has 124 valence electrons. The van der Waals surface area contributed by atoms with Crippen molar-refractivity contribution >= 4 is 33.2 Å². The molecule has 2 aromatic heterocycles. The fraction of sp³-hybridized carbons (Fsp3) is 0.0625. The Kier molecular flexibility index (Phi) is 4.91. The summed E-state index contributed by atoms with van der Waals surface area (Å²) in [7, 11) is -3.79. The topological polar surface area (TPSA) is 72.2 Å². The van der Waals surface area contributed by atoms with Crippen LogP contribution in [0.4, 0.5) is 0 Å². The van der Waals surface area contributed by atoms with Gasteiger partial charge >= 0.3 is 0 Å². The van der Waals surface area contributed by atoms with E-state index in [0.29, 0.717) is 16.5 Å². The fourth-order valence-corrected chi connectivity index (χ4v) is 3.86. The molecule has 1 aromatic carbocycles. The number of benzene rings is 1. The summed E-state index contributed by atoms with van der Waals surface area (Å²) in [6, 6.07) is 11.3. The molecular formula is C16H12Cl2N2O3S. The van der Waals surface area contributed by atoms with Gasteiger partial charge in [-0.25, -0.2) is 13.1 Å². The normalized spacial score (nSPS) is 11.6. The molecule has 0 aliphatic heterocycles. The van der Waals surface area contributed by atoms with Crippen molar-refractivity contribution in [3.63, 3.8) is 0 Å². The Morgan fingerprint density at radius 2 is 1.96 bits per heavy atom. The Morgan fingerprint density at radius 1 is 1.12 bits per heavy atom. The predicted octanol–water partition coefficient (Wildman–Crippen LogP) is 4.13. The molecule has 0 saturated heterocycles. The number of halogens is 2. The lowest BCUT2D eigenvalue weighted by atomic mass is 10.2. The maximum atomic E-state index is 12.4. The first-order valence-corrected chi connectivity index (χ1v) is 9.13. The molecule has 3 rings (SSSR count). The monoisotopic (exact) mass is 382 g/mol. The van der Waals surface area contributed by atoms with Crippen LogP contribution in [0, 0.1) is 0 Å². The first-order chi connectivity index (χ1) is 11.5. The van der Waals surface area contributed by atoms with Gasteiger partial charge in [-0.05, 0) is 48.0 Å². The smallest absolute Gasteiger partial charge is 0.242 e. The Morgan fingerprint density at radius 3 is 2.71 bits per heavy atom. The van der Waals surface area contributed by atoms with Crippen molar-refractivity contribution in [2.45, 2.75) is 11.4 Å². The third kappa shape index (κ3) is 3.79. The van der Waals surface area contributed by atoms with E-state index in [4.69, 9.17) is 27.6 Å². The highest BCUT2D eigenvalue weighted by atomic mass is 35.5. The van der Waals surface area contributed by atoms with Crippen molar-refractivity contribution in [1.82, 2.24) is 9.71 Å². The summed E-state index contributed by atoms with van der Waals surface area (Å²) in [5.74, 6) is 0.609.